The van der Waals surface area contributed by atoms with Crippen LogP contribution in [0.25, 0.3) is 10.9 Å². The predicted octanol–water partition coefficient (Wildman–Crippen LogP) is 4.79. The molecule has 0 N–H and O–H groups in total. The minimum Gasteiger partial charge on any atom is -0.382 e. The lowest BCUT2D eigenvalue weighted by molar-refractivity contribution is 0.0353. The lowest BCUT2D eigenvalue weighted by atomic mass is 9.91. The minimum atomic E-state index is 0.344. The van der Waals surface area contributed by atoms with Gasteiger partial charge in [-0.3, -0.25) is 0 Å². The van der Waals surface area contributed by atoms with Crippen LogP contribution in [-0.2, 0) is 22.6 Å². The summed E-state index contributed by atoms with van der Waals surface area (Å²) in [6.45, 7) is 9.30. The third kappa shape index (κ3) is 3.53. The Morgan fingerprint density at radius 3 is 2.76 bits per heavy atom. The van der Waals surface area contributed by atoms with Crippen LogP contribution < -0.4 is 4.90 Å². The summed E-state index contributed by atoms with van der Waals surface area (Å²) in [4.78, 5) is 7.38. The van der Waals surface area contributed by atoms with Crippen molar-refractivity contribution in [3.63, 3.8) is 0 Å². The molecule has 1 aliphatic rings. The van der Waals surface area contributed by atoms with Crippen molar-refractivity contribution in [2.45, 2.75) is 46.4 Å². The quantitative estimate of drug-likeness (QED) is 0.541. The maximum absolute atomic E-state index is 5.91. The van der Waals surface area contributed by atoms with Crippen LogP contribution in [0.5, 0.6) is 0 Å². The molecule has 0 radical (unpaired) electrons. The molecule has 4 rings (SSSR count). The van der Waals surface area contributed by atoms with Gasteiger partial charge in [0.05, 0.1) is 24.8 Å². The fourth-order valence-corrected chi connectivity index (χ4v) is 4.59. The topological polar surface area (TPSA) is 39.5 Å². The van der Waals surface area contributed by atoms with Gasteiger partial charge in [0.15, 0.2) is 5.82 Å². The van der Waals surface area contributed by atoms with Crippen LogP contribution in [0.2, 0.25) is 0 Å². The molecule has 1 aliphatic heterocycles. The van der Waals surface area contributed by atoms with E-state index in [9.17, 15) is 0 Å². The van der Waals surface area contributed by atoms with Gasteiger partial charge < -0.3 is 18.9 Å². The number of pyridine rings is 1. The highest BCUT2D eigenvalue weighted by atomic mass is 16.5. The SMILES string of the molecule is CCC1c2ccccc2CCN1c1nccc2c(C)c(C)n(COCCOC)c12. The Labute approximate surface area is 173 Å². The highest BCUT2D eigenvalue weighted by Gasteiger charge is 2.29. The molecule has 5 nitrogen and oxygen atoms in total. The second kappa shape index (κ2) is 8.56. The van der Waals surface area contributed by atoms with Crippen molar-refractivity contribution in [3.05, 3.63) is 58.9 Å². The number of anilines is 1. The molecule has 5 heteroatoms. The van der Waals surface area contributed by atoms with Crippen molar-refractivity contribution >= 4 is 16.7 Å². The highest BCUT2D eigenvalue weighted by Crippen LogP contribution is 2.39. The number of rotatable bonds is 7. The van der Waals surface area contributed by atoms with Gasteiger partial charge >= 0.3 is 0 Å². The summed E-state index contributed by atoms with van der Waals surface area (Å²) in [7, 11) is 1.70. The molecule has 1 aromatic carbocycles. The monoisotopic (exact) mass is 393 g/mol. The van der Waals surface area contributed by atoms with Gasteiger partial charge in [-0.1, -0.05) is 31.2 Å². The molecular formula is C24H31N3O2. The van der Waals surface area contributed by atoms with Gasteiger partial charge in [-0.2, -0.15) is 0 Å². The molecule has 3 heterocycles. The Hall–Kier alpha value is -2.37. The Bertz CT molecular complexity index is 995. The maximum atomic E-state index is 5.91. The molecule has 0 saturated heterocycles. The third-order valence-electron chi connectivity index (χ3n) is 6.25. The number of ether oxygens (including phenoxy) is 2. The van der Waals surface area contributed by atoms with Crippen molar-refractivity contribution in [3.8, 4) is 0 Å². The smallest absolute Gasteiger partial charge is 0.153 e. The molecule has 29 heavy (non-hydrogen) atoms. The molecule has 1 atom stereocenters. The van der Waals surface area contributed by atoms with E-state index in [2.05, 4.69) is 60.6 Å². The summed E-state index contributed by atoms with van der Waals surface area (Å²) in [5, 5.41) is 1.26. The normalized spacial score (nSPS) is 16.4. The molecule has 2 aromatic heterocycles. The lowest BCUT2D eigenvalue weighted by Crippen LogP contribution is -2.36. The Balaban J connectivity index is 1.79. The summed E-state index contributed by atoms with van der Waals surface area (Å²) >= 11 is 0. The predicted molar refractivity (Wildman–Crippen MR) is 118 cm³/mol. The summed E-state index contributed by atoms with van der Waals surface area (Å²) in [5.41, 5.74) is 6.61. The largest absolute Gasteiger partial charge is 0.382 e. The lowest BCUT2D eigenvalue weighted by Gasteiger charge is -2.38. The van der Waals surface area contributed by atoms with Gasteiger partial charge in [0, 0.05) is 30.9 Å². The number of benzene rings is 1. The van der Waals surface area contributed by atoms with E-state index in [4.69, 9.17) is 14.5 Å². The second-order valence-corrected chi connectivity index (χ2v) is 7.77. The fraction of sp³-hybridized carbons (Fsp3) is 0.458. The Morgan fingerprint density at radius 2 is 1.97 bits per heavy atom. The first-order chi connectivity index (χ1) is 14.2. The number of hydrogen-bond acceptors (Lipinski definition) is 4. The molecule has 0 saturated carbocycles. The summed E-state index contributed by atoms with van der Waals surface area (Å²) in [6.07, 6.45) is 4.05. The van der Waals surface area contributed by atoms with Crippen LogP contribution in [0.1, 0.15) is 41.8 Å². The zero-order valence-corrected chi connectivity index (χ0v) is 17.9. The van der Waals surface area contributed by atoms with Gasteiger partial charge in [0.25, 0.3) is 0 Å². The fourth-order valence-electron chi connectivity index (χ4n) is 4.59. The van der Waals surface area contributed by atoms with E-state index in [1.807, 2.05) is 6.20 Å². The number of methoxy groups -OCH3 is 1. The van der Waals surface area contributed by atoms with E-state index in [1.165, 1.54) is 33.3 Å². The second-order valence-electron chi connectivity index (χ2n) is 7.77. The van der Waals surface area contributed by atoms with Crippen LogP contribution in [0.15, 0.2) is 36.5 Å². The molecule has 0 aliphatic carbocycles. The van der Waals surface area contributed by atoms with Crippen LogP contribution in [0.4, 0.5) is 5.82 Å². The number of nitrogens with zero attached hydrogens (tertiary/aromatic N) is 3. The molecule has 0 bridgehead atoms. The average molecular weight is 394 g/mol. The first-order valence-corrected chi connectivity index (χ1v) is 10.5. The van der Waals surface area contributed by atoms with Gasteiger partial charge in [-0.15, -0.1) is 0 Å². The van der Waals surface area contributed by atoms with Crippen LogP contribution in [0.3, 0.4) is 0 Å². The van der Waals surface area contributed by atoms with Crippen molar-refractivity contribution in [1.29, 1.82) is 0 Å². The van der Waals surface area contributed by atoms with E-state index in [1.54, 1.807) is 7.11 Å². The standard InChI is InChI=1S/C24H31N3O2/c1-5-22-21-9-7-6-8-19(21)11-13-26(22)24-23-20(10-12-25-24)17(2)18(3)27(23)16-29-15-14-28-4/h6-10,12,22H,5,11,13-16H2,1-4H3. The van der Waals surface area contributed by atoms with Crippen molar-refractivity contribution < 1.29 is 9.47 Å². The number of aryl methyl sites for hydroxylation is 1. The van der Waals surface area contributed by atoms with E-state index in [-0.39, 0.29) is 0 Å². The third-order valence-corrected chi connectivity index (χ3v) is 6.25. The summed E-state index contributed by atoms with van der Waals surface area (Å²) in [6, 6.07) is 11.3. The Morgan fingerprint density at radius 1 is 1.14 bits per heavy atom. The van der Waals surface area contributed by atoms with Crippen LogP contribution in [-0.4, -0.2) is 36.4 Å². The molecule has 3 aromatic rings. The first kappa shape index (κ1) is 19.9. The van der Waals surface area contributed by atoms with Crippen molar-refractivity contribution in [2.24, 2.45) is 0 Å². The first-order valence-electron chi connectivity index (χ1n) is 10.5. The van der Waals surface area contributed by atoms with E-state index in [0.29, 0.717) is 26.0 Å². The van der Waals surface area contributed by atoms with E-state index >= 15 is 0 Å². The Kier molecular flexibility index (Phi) is 5.88. The molecule has 154 valence electrons. The summed E-state index contributed by atoms with van der Waals surface area (Å²) < 4.78 is 13.3. The molecule has 0 amide bonds. The zero-order chi connectivity index (χ0) is 20.4. The van der Waals surface area contributed by atoms with Gasteiger partial charge in [0.2, 0.25) is 0 Å². The van der Waals surface area contributed by atoms with Crippen LogP contribution >= 0.6 is 0 Å². The van der Waals surface area contributed by atoms with Crippen molar-refractivity contribution in [2.75, 3.05) is 31.8 Å². The zero-order valence-electron chi connectivity index (χ0n) is 17.9. The average Bonchev–Trinajstić information content (AvgIpc) is 3.00. The van der Waals surface area contributed by atoms with Crippen LogP contribution in [0, 0.1) is 13.8 Å². The summed E-state index contributed by atoms with van der Waals surface area (Å²) in [5.74, 6) is 1.07. The van der Waals surface area contributed by atoms with Crippen molar-refractivity contribution in [1.82, 2.24) is 9.55 Å². The maximum Gasteiger partial charge on any atom is 0.153 e. The number of hydrogen-bond donors (Lipinski definition) is 0. The van der Waals surface area contributed by atoms with Gasteiger partial charge in [0.1, 0.15) is 6.73 Å². The molecule has 1 unspecified atom stereocenters. The van der Waals surface area contributed by atoms with E-state index in [0.717, 1.165) is 25.2 Å². The number of fused-ring (bicyclic) bond motifs is 2. The van der Waals surface area contributed by atoms with E-state index < -0.39 is 0 Å². The van der Waals surface area contributed by atoms with Gasteiger partial charge in [-0.25, -0.2) is 4.98 Å². The minimum absolute atomic E-state index is 0.344. The van der Waals surface area contributed by atoms with Gasteiger partial charge in [-0.05, 0) is 49.4 Å². The highest BCUT2D eigenvalue weighted by molar-refractivity contribution is 5.93. The molecule has 0 spiro atoms. The molecule has 0 fully saturated rings. The molecular weight excluding hydrogens is 362 g/mol. The number of aromatic nitrogens is 2.